The minimum absolute atomic E-state index is 0.103. The second kappa shape index (κ2) is 5.21. The van der Waals surface area contributed by atoms with Crippen molar-refractivity contribution in [3.8, 4) is 0 Å². The first-order valence-corrected chi connectivity index (χ1v) is 7.02. The average molecular weight is 295 g/mol. The third-order valence-electron chi connectivity index (χ3n) is 2.61. The van der Waals surface area contributed by atoms with Crippen molar-refractivity contribution in [3.63, 3.8) is 0 Å². The summed E-state index contributed by atoms with van der Waals surface area (Å²) in [6.45, 7) is 0. The molecule has 106 valence electrons. The van der Waals surface area contributed by atoms with Gasteiger partial charge < -0.3 is 10.9 Å². The highest BCUT2D eigenvalue weighted by Gasteiger charge is 2.20. The first-order valence-electron chi connectivity index (χ1n) is 5.53. The summed E-state index contributed by atoms with van der Waals surface area (Å²) in [6.07, 6.45) is 1.30. The van der Waals surface area contributed by atoms with Gasteiger partial charge in [0.25, 0.3) is 10.0 Å². The van der Waals surface area contributed by atoms with Gasteiger partial charge in [-0.3, -0.25) is 9.40 Å². The maximum Gasteiger partial charge on any atom is 0.263 e. The Kier molecular flexibility index (Phi) is 3.61. The SMILES string of the molecule is Cn1ncc(C(N)=NO)c1NS(=O)(=O)c1ccccc1. The number of hydrogen-bond acceptors (Lipinski definition) is 5. The second-order valence-electron chi connectivity index (χ2n) is 3.93. The summed E-state index contributed by atoms with van der Waals surface area (Å²) in [4.78, 5) is 0.103. The molecule has 0 saturated heterocycles. The number of nitrogens with zero attached hydrogens (tertiary/aromatic N) is 3. The molecule has 0 aliphatic rings. The van der Waals surface area contributed by atoms with E-state index >= 15 is 0 Å². The molecule has 4 N–H and O–H groups in total. The summed E-state index contributed by atoms with van der Waals surface area (Å²) in [5.74, 6) is -0.118. The van der Waals surface area contributed by atoms with Crippen molar-refractivity contribution >= 4 is 21.7 Å². The molecule has 8 nitrogen and oxygen atoms in total. The fourth-order valence-corrected chi connectivity index (χ4v) is 2.72. The van der Waals surface area contributed by atoms with Gasteiger partial charge in [0.15, 0.2) is 5.84 Å². The minimum Gasteiger partial charge on any atom is -0.409 e. The van der Waals surface area contributed by atoms with Crippen LogP contribution in [0.1, 0.15) is 5.56 Å². The summed E-state index contributed by atoms with van der Waals surface area (Å²) in [7, 11) is -2.23. The molecule has 2 aromatic rings. The molecule has 9 heteroatoms. The van der Waals surface area contributed by atoms with Crippen molar-refractivity contribution < 1.29 is 13.6 Å². The Morgan fingerprint density at radius 3 is 2.65 bits per heavy atom. The fourth-order valence-electron chi connectivity index (χ4n) is 1.59. The second-order valence-corrected chi connectivity index (χ2v) is 5.62. The highest BCUT2D eigenvalue weighted by molar-refractivity contribution is 7.92. The van der Waals surface area contributed by atoms with E-state index < -0.39 is 10.0 Å². The molecule has 0 aliphatic carbocycles. The zero-order valence-corrected chi connectivity index (χ0v) is 11.4. The van der Waals surface area contributed by atoms with Crippen LogP contribution in [-0.2, 0) is 17.1 Å². The van der Waals surface area contributed by atoms with Crippen molar-refractivity contribution in [2.75, 3.05) is 4.72 Å². The number of nitrogens with one attached hydrogen (secondary N) is 1. The van der Waals surface area contributed by atoms with Crippen LogP contribution in [0.3, 0.4) is 0 Å². The molecule has 0 spiro atoms. The van der Waals surface area contributed by atoms with Crippen molar-refractivity contribution in [2.24, 2.45) is 17.9 Å². The van der Waals surface area contributed by atoms with Crippen LogP contribution in [-0.4, -0.2) is 29.2 Å². The molecule has 0 fully saturated rings. The van der Waals surface area contributed by atoms with E-state index in [1.807, 2.05) is 0 Å². The number of amidine groups is 1. The van der Waals surface area contributed by atoms with Gasteiger partial charge in [0.2, 0.25) is 0 Å². The molecule has 0 unspecified atom stereocenters. The molecule has 0 amide bonds. The number of sulfonamides is 1. The zero-order chi connectivity index (χ0) is 14.8. The Labute approximate surface area is 115 Å². The summed E-state index contributed by atoms with van der Waals surface area (Å²) >= 11 is 0. The molecule has 1 aromatic heterocycles. The van der Waals surface area contributed by atoms with Gasteiger partial charge in [-0.15, -0.1) is 0 Å². The van der Waals surface area contributed by atoms with E-state index in [1.165, 1.54) is 30.1 Å². The number of aromatic nitrogens is 2. The molecule has 0 bridgehead atoms. The number of rotatable bonds is 4. The van der Waals surface area contributed by atoms with Crippen molar-refractivity contribution in [1.29, 1.82) is 0 Å². The lowest BCUT2D eigenvalue weighted by Crippen LogP contribution is -2.20. The van der Waals surface area contributed by atoms with Crippen LogP contribution in [0.5, 0.6) is 0 Å². The van der Waals surface area contributed by atoms with E-state index in [2.05, 4.69) is 15.0 Å². The molecule has 1 heterocycles. The maximum atomic E-state index is 12.2. The number of aryl methyl sites for hydroxylation is 1. The van der Waals surface area contributed by atoms with Gasteiger partial charge in [-0.25, -0.2) is 8.42 Å². The third-order valence-corrected chi connectivity index (χ3v) is 3.96. The molecular weight excluding hydrogens is 282 g/mol. The van der Waals surface area contributed by atoms with Crippen LogP contribution in [0.25, 0.3) is 0 Å². The molecule has 0 atom stereocenters. The quantitative estimate of drug-likeness (QED) is 0.324. The van der Waals surface area contributed by atoms with Gasteiger partial charge in [-0.2, -0.15) is 5.10 Å². The Bertz CT molecular complexity index is 737. The molecule has 0 saturated carbocycles. The van der Waals surface area contributed by atoms with Gasteiger partial charge in [-0.1, -0.05) is 23.4 Å². The molecule has 20 heavy (non-hydrogen) atoms. The Morgan fingerprint density at radius 1 is 1.40 bits per heavy atom. The zero-order valence-electron chi connectivity index (χ0n) is 10.6. The summed E-state index contributed by atoms with van der Waals surface area (Å²) < 4.78 is 28.1. The number of nitrogens with two attached hydrogens (primary N) is 1. The largest absolute Gasteiger partial charge is 0.409 e. The monoisotopic (exact) mass is 295 g/mol. The van der Waals surface area contributed by atoms with E-state index in [-0.39, 0.29) is 22.1 Å². The fraction of sp³-hybridized carbons (Fsp3) is 0.0909. The van der Waals surface area contributed by atoms with Gasteiger partial charge in [0, 0.05) is 7.05 Å². The van der Waals surface area contributed by atoms with Gasteiger partial charge >= 0.3 is 0 Å². The maximum absolute atomic E-state index is 12.2. The molecular formula is C11H13N5O3S. The highest BCUT2D eigenvalue weighted by atomic mass is 32.2. The minimum atomic E-state index is -3.77. The first kappa shape index (κ1) is 13.9. The topological polar surface area (TPSA) is 123 Å². The lowest BCUT2D eigenvalue weighted by atomic mass is 10.3. The summed E-state index contributed by atoms with van der Waals surface area (Å²) in [6, 6.07) is 7.86. The van der Waals surface area contributed by atoms with Crippen LogP contribution >= 0.6 is 0 Å². The van der Waals surface area contributed by atoms with E-state index in [1.54, 1.807) is 18.2 Å². The standard InChI is InChI=1S/C11H13N5O3S/c1-16-11(9(7-13-16)10(12)14-17)15-20(18,19)8-5-3-2-4-6-8/h2-7,15,17H,1H3,(H2,12,14). The number of benzene rings is 1. The van der Waals surface area contributed by atoms with Gasteiger partial charge in [0.05, 0.1) is 16.7 Å². The van der Waals surface area contributed by atoms with Crippen molar-refractivity contribution in [3.05, 3.63) is 42.1 Å². The normalized spacial score (nSPS) is 12.3. The first-order chi connectivity index (χ1) is 9.45. The smallest absolute Gasteiger partial charge is 0.263 e. The van der Waals surface area contributed by atoms with Crippen LogP contribution < -0.4 is 10.5 Å². The molecule has 1 aromatic carbocycles. The van der Waals surface area contributed by atoms with Crippen molar-refractivity contribution in [2.45, 2.75) is 4.90 Å². The highest BCUT2D eigenvalue weighted by Crippen LogP contribution is 2.19. The van der Waals surface area contributed by atoms with Gasteiger partial charge in [0.1, 0.15) is 5.82 Å². The van der Waals surface area contributed by atoms with E-state index in [9.17, 15) is 8.42 Å². The van der Waals surface area contributed by atoms with E-state index in [0.717, 1.165) is 0 Å². The van der Waals surface area contributed by atoms with E-state index in [4.69, 9.17) is 10.9 Å². The number of anilines is 1. The lowest BCUT2D eigenvalue weighted by Gasteiger charge is -2.09. The predicted octanol–water partition coefficient (Wildman–Crippen LogP) is 0.315. The predicted molar refractivity (Wildman–Crippen MR) is 73.0 cm³/mol. The molecule has 2 rings (SSSR count). The molecule has 0 radical (unpaired) electrons. The summed E-state index contributed by atoms with van der Waals surface area (Å²) in [5.41, 5.74) is 5.67. The number of hydrogen-bond donors (Lipinski definition) is 3. The summed E-state index contributed by atoms with van der Waals surface area (Å²) in [5, 5.41) is 15.4. The van der Waals surface area contributed by atoms with Crippen LogP contribution in [0.4, 0.5) is 5.82 Å². The Hall–Kier alpha value is -2.55. The van der Waals surface area contributed by atoms with Crippen LogP contribution in [0.15, 0.2) is 46.6 Å². The van der Waals surface area contributed by atoms with Crippen LogP contribution in [0.2, 0.25) is 0 Å². The average Bonchev–Trinajstić information content (AvgIpc) is 2.80. The van der Waals surface area contributed by atoms with Gasteiger partial charge in [-0.05, 0) is 12.1 Å². The van der Waals surface area contributed by atoms with E-state index in [0.29, 0.717) is 0 Å². The van der Waals surface area contributed by atoms with Crippen molar-refractivity contribution in [1.82, 2.24) is 9.78 Å². The Morgan fingerprint density at radius 2 is 2.05 bits per heavy atom. The molecule has 0 aliphatic heterocycles. The lowest BCUT2D eigenvalue weighted by molar-refractivity contribution is 0.318. The van der Waals surface area contributed by atoms with Crippen LogP contribution in [0, 0.1) is 0 Å². The number of oxime groups is 1. The Balaban J connectivity index is 2.43. The third kappa shape index (κ3) is 2.57.